The van der Waals surface area contributed by atoms with Crippen molar-refractivity contribution in [3.05, 3.63) is 65.7 Å². The highest BCUT2D eigenvalue weighted by atomic mass is 19.1. The van der Waals surface area contributed by atoms with Gasteiger partial charge in [0.2, 0.25) is 0 Å². The SMILES string of the molecule is CN(CCC(N)c1cccc(F)c1)c1cccc(F)c1. The molecular weight excluding hydrogens is 258 g/mol. The van der Waals surface area contributed by atoms with Crippen LogP contribution in [0.4, 0.5) is 14.5 Å². The molecule has 2 aromatic rings. The number of hydrogen-bond donors (Lipinski definition) is 1. The zero-order valence-corrected chi connectivity index (χ0v) is 11.4. The van der Waals surface area contributed by atoms with Gasteiger partial charge in [-0.2, -0.15) is 0 Å². The molecule has 0 aliphatic heterocycles. The number of nitrogens with zero attached hydrogens (tertiary/aromatic N) is 1. The molecule has 2 aromatic carbocycles. The van der Waals surface area contributed by atoms with E-state index >= 15 is 0 Å². The van der Waals surface area contributed by atoms with Crippen molar-refractivity contribution in [1.82, 2.24) is 0 Å². The van der Waals surface area contributed by atoms with Crippen LogP contribution in [0.2, 0.25) is 0 Å². The van der Waals surface area contributed by atoms with Crippen LogP contribution in [0.3, 0.4) is 0 Å². The van der Waals surface area contributed by atoms with Gasteiger partial charge in [0.15, 0.2) is 0 Å². The van der Waals surface area contributed by atoms with Crippen LogP contribution in [-0.4, -0.2) is 13.6 Å². The molecule has 0 aromatic heterocycles. The van der Waals surface area contributed by atoms with Gasteiger partial charge in [-0.15, -0.1) is 0 Å². The normalized spacial score (nSPS) is 12.2. The van der Waals surface area contributed by atoms with Gasteiger partial charge >= 0.3 is 0 Å². The number of anilines is 1. The molecule has 2 N–H and O–H groups in total. The van der Waals surface area contributed by atoms with Crippen molar-refractivity contribution >= 4 is 5.69 Å². The average molecular weight is 276 g/mol. The lowest BCUT2D eigenvalue weighted by Gasteiger charge is -2.21. The molecule has 2 rings (SSSR count). The van der Waals surface area contributed by atoms with E-state index in [0.29, 0.717) is 13.0 Å². The Balaban J connectivity index is 1.94. The third kappa shape index (κ3) is 3.78. The van der Waals surface area contributed by atoms with Crippen LogP contribution in [0.1, 0.15) is 18.0 Å². The summed E-state index contributed by atoms with van der Waals surface area (Å²) in [6.45, 7) is 0.668. The summed E-state index contributed by atoms with van der Waals surface area (Å²) in [5.41, 5.74) is 7.63. The zero-order valence-electron chi connectivity index (χ0n) is 11.4. The minimum absolute atomic E-state index is 0.235. The van der Waals surface area contributed by atoms with Crippen LogP contribution in [0.25, 0.3) is 0 Å². The minimum atomic E-state index is -0.281. The third-order valence-electron chi connectivity index (χ3n) is 3.30. The van der Waals surface area contributed by atoms with E-state index in [2.05, 4.69) is 0 Å². The Hall–Kier alpha value is -1.94. The Morgan fingerprint density at radius 3 is 2.35 bits per heavy atom. The van der Waals surface area contributed by atoms with Crippen LogP contribution >= 0.6 is 0 Å². The number of benzene rings is 2. The molecule has 20 heavy (non-hydrogen) atoms. The fourth-order valence-corrected chi connectivity index (χ4v) is 2.08. The maximum absolute atomic E-state index is 13.1. The number of nitrogens with two attached hydrogens (primary N) is 1. The van der Waals surface area contributed by atoms with E-state index in [4.69, 9.17) is 5.73 Å². The molecule has 106 valence electrons. The summed E-state index contributed by atoms with van der Waals surface area (Å²) in [5.74, 6) is -0.541. The number of halogens is 2. The van der Waals surface area contributed by atoms with E-state index < -0.39 is 0 Å². The van der Waals surface area contributed by atoms with Gasteiger partial charge in [0.05, 0.1) is 0 Å². The first-order chi connectivity index (χ1) is 9.56. The molecule has 4 heteroatoms. The van der Waals surface area contributed by atoms with Gasteiger partial charge in [-0.25, -0.2) is 8.78 Å². The summed E-state index contributed by atoms with van der Waals surface area (Å²) in [5, 5.41) is 0. The van der Waals surface area contributed by atoms with Crippen molar-refractivity contribution in [2.45, 2.75) is 12.5 Å². The first-order valence-electron chi connectivity index (χ1n) is 6.54. The van der Waals surface area contributed by atoms with E-state index in [1.807, 2.05) is 24.1 Å². The quantitative estimate of drug-likeness (QED) is 0.905. The molecule has 0 aliphatic rings. The predicted molar refractivity (Wildman–Crippen MR) is 77.6 cm³/mol. The summed E-state index contributed by atoms with van der Waals surface area (Å²) < 4.78 is 26.3. The molecule has 0 aliphatic carbocycles. The van der Waals surface area contributed by atoms with Crippen molar-refractivity contribution in [3.63, 3.8) is 0 Å². The average Bonchev–Trinajstić information content (AvgIpc) is 2.44. The molecule has 1 unspecified atom stereocenters. The lowest BCUT2D eigenvalue weighted by atomic mass is 10.0. The Morgan fingerprint density at radius 2 is 1.70 bits per heavy atom. The van der Waals surface area contributed by atoms with Gasteiger partial charge in [-0.1, -0.05) is 18.2 Å². The molecule has 0 heterocycles. The molecule has 0 amide bonds. The van der Waals surface area contributed by atoms with Gasteiger partial charge in [0.1, 0.15) is 11.6 Å². The molecule has 1 atom stereocenters. The summed E-state index contributed by atoms with van der Waals surface area (Å²) in [6.07, 6.45) is 0.663. The Kier molecular flexibility index (Phi) is 4.69. The van der Waals surface area contributed by atoms with Crippen LogP contribution in [0.5, 0.6) is 0 Å². The molecule has 0 fully saturated rings. The van der Waals surface area contributed by atoms with Crippen molar-refractivity contribution in [3.8, 4) is 0 Å². The molecule has 0 saturated heterocycles. The number of hydrogen-bond acceptors (Lipinski definition) is 2. The van der Waals surface area contributed by atoms with E-state index in [1.165, 1.54) is 24.3 Å². The van der Waals surface area contributed by atoms with Crippen molar-refractivity contribution < 1.29 is 8.78 Å². The second-order valence-electron chi connectivity index (χ2n) is 4.85. The predicted octanol–water partition coefficient (Wildman–Crippen LogP) is 3.49. The van der Waals surface area contributed by atoms with Crippen LogP contribution in [0.15, 0.2) is 48.5 Å². The van der Waals surface area contributed by atoms with Crippen LogP contribution < -0.4 is 10.6 Å². The van der Waals surface area contributed by atoms with Gasteiger partial charge in [0.25, 0.3) is 0 Å². The summed E-state index contributed by atoms with van der Waals surface area (Å²) >= 11 is 0. The van der Waals surface area contributed by atoms with Crippen molar-refractivity contribution in [2.75, 3.05) is 18.5 Å². The van der Waals surface area contributed by atoms with Crippen LogP contribution in [0, 0.1) is 11.6 Å². The summed E-state index contributed by atoms with van der Waals surface area (Å²) in [7, 11) is 1.88. The molecule has 2 nitrogen and oxygen atoms in total. The van der Waals surface area contributed by atoms with Gasteiger partial charge < -0.3 is 10.6 Å². The van der Waals surface area contributed by atoms with Gasteiger partial charge in [-0.05, 0) is 42.3 Å². The van der Waals surface area contributed by atoms with Crippen molar-refractivity contribution in [1.29, 1.82) is 0 Å². The summed E-state index contributed by atoms with van der Waals surface area (Å²) in [6, 6.07) is 12.5. The van der Waals surface area contributed by atoms with E-state index in [9.17, 15) is 8.78 Å². The lowest BCUT2D eigenvalue weighted by Crippen LogP contribution is -2.23. The maximum Gasteiger partial charge on any atom is 0.125 e. The highest BCUT2D eigenvalue weighted by molar-refractivity contribution is 5.45. The molecule has 0 spiro atoms. The van der Waals surface area contributed by atoms with Gasteiger partial charge in [0, 0.05) is 25.3 Å². The third-order valence-corrected chi connectivity index (χ3v) is 3.30. The smallest absolute Gasteiger partial charge is 0.125 e. The molecule has 0 radical (unpaired) electrons. The Morgan fingerprint density at radius 1 is 1.05 bits per heavy atom. The standard InChI is InChI=1S/C16H18F2N2/c1-20(15-7-3-6-14(18)11-15)9-8-16(19)12-4-2-5-13(17)10-12/h2-7,10-11,16H,8-9,19H2,1H3. The van der Waals surface area contributed by atoms with E-state index in [0.717, 1.165) is 11.3 Å². The Labute approximate surface area is 117 Å². The largest absolute Gasteiger partial charge is 0.374 e. The lowest BCUT2D eigenvalue weighted by molar-refractivity contribution is 0.607. The zero-order chi connectivity index (χ0) is 14.5. The highest BCUT2D eigenvalue weighted by Crippen LogP contribution is 2.18. The molecule has 0 saturated carbocycles. The van der Waals surface area contributed by atoms with Gasteiger partial charge in [-0.3, -0.25) is 0 Å². The van der Waals surface area contributed by atoms with E-state index in [1.54, 1.807) is 12.1 Å². The topological polar surface area (TPSA) is 29.3 Å². The highest BCUT2D eigenvalue weighted by Gasteiger charge is 2.09. The number of rotatable bonds is 5. The fourth-order valence-electron chi connectivity index (χ4n) is 2.08. The Bertz CT molecular complexity index is 520. The molecular formula is C16H18F2N2. The summed E-state index contributed by atoms with van der Waals surface area (Å²) in [4.78, 5) is 1.93. The minimum Gasteiger partial charge on any atom is -0.374 e. The second-order valence-corrected chi connectivity index (χ2v) is 4.85. The first kappa shape index (κ1) is 14.5. The maximum atomic E-state index is 13.1. The monoisotopic (exact) mass is 276 g/mol. The second kappa shape index (κ2) is 6.48. The van der Waals surface area contributed by atoms with Crippen LogP contribution in [-0.2, 0) is 0 Å². The fraction of sp³-hybridized carbons (Fsp3) is 0.250. The molecule has 0 bridgehead atoms. The first-order valence-corrected chi connectivity index (χ1v) is 6.54. The van der Waals surface area contributed by atoms with Crippen molar-refractivity contribution in [2.24, 2.45) is 5.73 Å². The van der Waals surface area contributed by atoms with E-state index in [-0.39, 0.29) is 17.7 Å².